The molecule has 0 saturated heterocycles. The second-order valence-electron chi connectivity index (χ2n) is 6.07. The summed E-state index contributed by atoms with van der Waals surface area (Å²) in [5.74, 6) is 1.48. The molecule has 1 saturated carbocycles. The summed E-state index contributed by atoms with van der Waals surface area (Å²) in [7, 11) is 0. The SMILES string of the molecule is CC(CN)Oc1cccc(OCC2(O)CCCCCC2)c1. The van der Waals surface area contributed by atoms with Crippen LogP contribution >= 0.6 is 0 Å². The molecule has 0 spiro atoms. The Morgan fingerprint density at radius 1 is 1.19 bits per heavy atom. The number of benzene rings is 1. The van der Waals surface area contributed by atoms with Gasteiger partial charge in [-0.15, -0.1) is 0 Å². The molecule has 0 radical (unpaired) electrons. The lowest BCUT2D eigenvalue weighted by atomic mass is 9.96. The minimum atomic E-state index is -0.683. The zero-order valence-corrected chi connectivity index (χ0v) is 12.9. The average molecular weight is 293 g/mol. The van der Waals surface area contributed by atoms with Crippen molar-refractivity contribution >= 4 is 0 Å². The Bertz CT molecular complexity index is 428. The Hall–Kier alpha value is -1.26. The molecule has 4 heteroatoms. The van der Waals surface area contributed by atoms with Crippen LogP contribution in [0.4, 0.5) is 0 Å². The lowest BCUT2D eigenvalue weighted by Gasteiger charge is -2.26. The smallest absolute Gasteiger partial charge is 0.123 e. The Morgan fingerprint density at radius 2 is 1.86 bits per heavy atom. The van der Waals surface area contributed by atoms with Gasteiger partial charge in [-0.25, -0.2) is 0 Å². The Labute approximate surface area is 127 Å². The summed E-state index contributed by atoms with van der Waals surface area (Å²) in [5, 5.41) is 10.6. The molecule has 1 aliphatic rings. The average Bonchev–Trinajstić information content (AvgIpc) is 2.71. The van der Waals surface area contributed by atoms with Gasteiger partial charge in [-0.05, 0) is 31.9 Å². The minimum Gasteiger partial charge on any atom is -0.490 e. The van der Waals surface area contributed by atoms with E-state index in [1.54, 1.807) is 0 Å². The van der Waals surface area contributed by atoms with Crippen LogP contribution < -0.4 is 15.2 Å². The topological polar surface area (TPSA) is 64.7 Å². The van der Waals surface area contributed by atoms with Crippen LogP contribution in [-0.4, -0.2) is 30.0 Å². The fourth-order valence-corrected chi connectivity index (χ4v) is 2.67. The van der Waals surface area contributed by atoms with E-state index >= 15 is 0 Å². The van der Waals surface area contributed by atoms with Gasteiger partial charge in [0.1, 0.15) is 24.2 Å². The number of hydrogen-bond donors (Lipinski definition) is 2. The van der Waals surface area contributed by atoms with E-state index in [0.29, 0.717) is 13.2 Å². The van der Waals surface area contributed by atoms with E-state index in [1.165, 1.54) is 12.8 Å². The third-order valence-corrected chi connectivity index (χ3v) is 4.02. The monoisotopic (exact) mass is 293 g/mol. The lowest BCUT2D eigenvalue weighted by molar-refractivity contribution is -0.0174. The second kappa shape index (κ2) is 7.66. The van der Waals surface area contributed by atoms with Gasteiger partial charge in [0.15, 0.2) is 0 Å². The molecule has 1 aromatic carbocycles. The summed E-state index contributed by atoms with van der Waals surface area (Å²) in [5.41, 5.74) is 4.87. The van der Waals surface area contributed by atoms with Crippen molar-refractivity contribution in [1.82, 2.24) is 0 Å². The van der Waals surface area contributed by atoms with E-state index in [4.69, 9.17) is 15.2 Å². The van der Waals surface area contributed by atoms with Gasteiger partial charge in [0.05, 0.1) is 5.60 Å². The molecule has 0 bridgehead atoms. The molecule has 1 fully saturated rings. The normalized spacial score (nSPS) is 19.6. The maximum absolute atomic E-state index is 10.6. The summed E-state index contributed by atoms with van der Waals surface area (Å²) < 4.78 is 11.5. The minimum absolute atomic E-state index is 0.0220. The van der Waals surface area contributed by atoms with Gasteiger partial charge >= 0.3 is 0 Å². The summed E-state index contributed by atoms with van der Waals surface area (Å²) in [6.45, 7) is 2.76. The molecule has 1 aliphatic carbocycles. The van der Waals surface area contributed by atoms with Crippen molar-refractivity contribution in [3.05, 3.63) is 24.3 Å². The number of hydrogen-bond acceptors (Lipinski definition) is 4. The first-order chi connectivity index (χ1) is 10.1. The number of rotatable bonds is 6. The molecular weight excluding hydrogens is 266 g/mol. The van der Waals surface area contributed by atoms with Crippen molar-refractivity contribution in [1.29, 1.82) is 0 Å². The Morgan fingerprint density at radius 3 is 2.52 bits per heavy atom. The van der Waals surface area contributed by atoms with Crippen molar-refractivity contribution in [3.63, 3.8) is 0 Å². The quantitative estimate of drug-likeness (QED) is 0.792. The third-order valence-electron chi connectivity index (χ3n) is 4.02. The Balaban J connectivity index is 1.91. The predicted octanol–water partition coefficient (Wildman–Crippen LogP) is 2.88. The van der Waals surface area contributed by atoms with Gasteiger partial charge in [0.2, 0.25) is 0 Å². The van der Waals surface area contributed by atoms with Crippen LogP contribution in [-0.2, 0) is 0 Å². The van der Waals surface area contributed by atoms with Crippen molar-refractivity contribution in [3.8, 4) is 11.5 Å². The van der Waals surface area contributed by atoms with Gasteiger partial charge < -0.3 is 20.3 Å². The highest BCUT2D eigenvalue weighted by molar-refractivity contribution is 5.33. The molecule has 1 atom stereocenters. The van der Waals surface area contributed by atoms with E-state index in [2.05, 4.69) is 0 Å². The molecule has 4 nitrogen and oxygen atoms in total. The molecule has 2 rings (SSSR count). The van der Waals surface area contributed by atoms with Gasteiger partial charge in [-0.1, -0.05) is 31.7 Å². The predicted molar refractivity (Wildman–Crippen MR) is 83.7 cm³/mol. The molecule has 21 heavy (non-hydrogen) atoms. The maximum Gasteiger partial charge on any atom is 0.123 e. The van der Waals surface area contributed by atoms with Crippen molar-refractivity contribution in [2.24, 2.45) is 5.73 Å². The van der Waals surface area contributed by atoms with Gasteiger partial charge in [0.25, 0.3) is 0 Å². The van der Waals surface area contributed by atoms with Gasteiger partial charge in [0, 0.05) is 12.6 Å². The van der Waals surface area contributed by atoms with Crippen LogP contribution in [0.15, 0.2) is 24.3 Å². The molecule has 0 amide bonds. The van der Waals surface area contributed by atoms with Crippen LogP contribution in [0, 0.1) is 0 Å². The highest BCUT2D eigenvalue weighted by atomic mass is 16.5. The maximum atomic E-state index is 10.6. The Kier molecular flexibility index (Phi) is 5.88. The van der Waals surface area contributed by atoms with Gasteiger partial charge in [-0.2, -0.15) is 0 Å². The van der Waals surface area contributed by atoms with Crippen LogP contribution in [0.1, 0.15) is 45.4 Å². The zero-order valence-electron chi connectivity index (χ0n) is 12.9. The fourth-order valence-electron chi connectivity index (χ4n) is 2.67. The number of aliphatic hydroxyl groups is 1. The van der Waals surface area contributed by atoms with Crippen LogP contribution in [0.5, 0.6) is 11.5 Å². The zero-order chi connectivity index (χ0) is 15.1. The fraction of sp³-hybridized carbons (Fsp3) is 0.647. The van der Waals surface area contributed by atoms with Crippen LogP contribution in [0.2, 0.25) is 0 Å². The largest absolute Gasteiger partial charge is 0.490 e. The van der Waals surface area contributed by atoms with Crippen molar-refractivity contribution in [2.45, 2.75) is 57.2 Å². The summed E-state index contributed by atoms with van der Waals surface area (Å²) in [4.78, 5) is 0. The van der Waals surface area contributed by atoms with Crippen LogP contribution in [0.3, 0.4) is 0 Å². The molecule has 0 aliphatic heterocycles. The van der Waals surface area contributed by atoms with E-state index in [0.717, 1.165) is 37.2 Å². The first-order valence-electron chi connectivity index (χ1n) is 7.93. The molecule has 1 unspecified atom stereocenters. The highest BCUT2D eigenvalue weighted by Gasteiger charge is 2.28. The summed E-state index contributed by atoms with van der Waals surface area (Å²) >= 11 is 0. The highest BCUT2D eigenvalue weighted by Crippen LogP contribution is 2.28. The summed E-state index contributed by atoms with van der Waals surface area (Å²) in [6, 6.07) is 7.52. The molecule has 0 aromatic heterocycles. The van der Waals surface area contributed by atoms with Crippen molar-refractivity contribution < 1.29 is 14.6 Å². The first kappa shape index (κ1) is 16.1. The lowest BCUT2D eigenvalue weighted by Crippen LogP contribution is -2.35. The standard InChI is InChI=1S/C17H27NO3/c1-14(12-18)21-16-8-6-7-15(11-16)20-13-17(19)9-4-2-3-5-10-17/h6-8,11,14,19H,2-5,9-10,12-13,18H2,1H3. The van der Waals surface area contributed by atoms with Gasteiger partial charge in [-0.3, -0.25) is 0 Å². The van der Waals surface area contributed by atoms with Crippen molar-refractivity contribution in [2.75, 3.05) is 13.2 Å². The third kappa shape index (κ3) is 5.21. The number of ether oxygens (including phenoxy) is 2. The van der Waals surface area contributed by atoms with E-state index in [-0.39, 0.29) is 6.10 Å². The first-order valence-corrected chi connectivity index (χ1v) is 7.93. The summed E-state index contributed by atoms with van der Waals surface area (Å²) in [6.07, 6.45) is 6.21. The van der Waals surface area contributed by atoms with E-state index < -0.39 is 5.60 Å². The van der Waals surface area contributed by atoms with Crippen LogP contribution in [0.25, 0.3) is 0 Å². The van der Waals surface area contributed by atoms with E-state index in [9.17, 15) is 5.11 Å². The molecule has 118 valence electrons. The molecule has 1 aromatic rings. The molecule has 3 N–H and O–H groups in total. The molecule has 0 heterocycles. The molecular formula is C17H27NO3. The second-order valence-corrected chi connectivity index (χ2v) is 6.07. The number of nitrogens with two attached hydrogens (primary N) is 1. The van der Waals surface area contributed by atoms with E-state index in [1.807, 2.05) is 31.2 Å².